The summed E-state index contributed by atoms with van der Waals surface area (Å²) < 4.78 is 6.06. The van der Waals surface area contributed by atoms with Gasteiger partial charge in [0.25, 0.3) is 0 Å². The average molecular weight is 563 g/mol. The molecule has 2 unspecified atom stereocenters. The van der Waals surface area contributed by atoms with Gasteiger partial charge in [0.1, 0.15) is 6.29 Å². The molecule has 0 aromatic rings. The highest BCUT2D eigenvalue weighted by Crippen LogP contribution is 2.26. The minimum Gasteiger partial charge on any atom is -0.378 e. The van der Waals surface area contributed by atoms with Gasteiger partial charge in [0.15, 0.2) is 0 Å². The van der Waals surface area contributed by atoms with Crippen LogP contribution in [-0.4, -0.2) is 19.0 Å². The van der Waals surface area contributed by atoms with Crippen molar-refractivity contribution in [3.05, 3.63) is 0 Å². The molecule has 238 valence electrons. The normalized spacial score (nSPS) is 15.8. The fraction of sp³-hybridized carbons (Fsp3) is 0.974. The Hall–Kier alpha value is -0.370. The lowest BCUT2D eigenvalue weighted by molar-refractivity contribution is -0.111. The minimum atomic E-state index is 0.320. The Balaban J connectivity index is 1.96. The van der Waals surface area contributed by atoms with E-state index in [1.54, 1.807) is 0 Å². The molecule has 0 aromatic heterocycles. The third-order valence-electron chi connectivity index (χ3n) is 9.70. The van der Waals surface area contributed by atoms with E-state index in [0.29, 0.717) is 12.0 Å². The summed E-state index contributed by atoms with van der Waals surface area (Å²) in [5, 5.41) is 0. The van der Waals surface area contributed by atoms with E-state index in [0.717, 1.165) is 25.4 Å². The van der Waals surface area contributed by atoms with Crippen molar-refractivity contribution in [2.45, 2.75) is 219 Å². The van der Waals surface area contributed by atoms with Gasteiger partial charge >= 0.3 is 0 Å². The molecule has 2 heteroatoms. The molecule has 0 saturated heterocycles. The van der Waals surface area contributed by atoms with Gasteiger partial charge in [0.05, 0.1) is 6.10 Å². The van der Waals surface area contributed by atoms with Gasteiger partial charge in [-0.3, -0.25) is 0 Å². The molecule has 0 heterocycles. The molecule has 0 aromatic carbocycles. The van der Waals surface area contributed by atoms with Crippen molar-refractivity contribution < 1.29 is 9.53 Å². The number of aldehydes is 1. The first kappa shape index (κ1) is 37.7. The van der Waals surface area contributed by atoms with Crippen LogP contribution in [0.1, 0.15) is 213 Å². The van der Waals surface area contributed by atoms with Crippen LogP contribution in [0.15, 0.2) is 0 Å². The fourth-order valence-electron chi connectivity index (χ4n) is 6.82. The molecule has 40 heavy (non-hydrogen) atoms. The van der Waals surface area contributed by atoms with Gasteiger partial charge in [-0.25, -0.2) is 0 Å². The van der Waals surface area contributed by atoms with E-state index in [9.17, 15) is 4.79 Å². The van der Waals surface area contributed by atoms with Gasteiger partial charge in [-0.2, -0.15) is 0 Å². The van der Waals surface area contributed by atoms with Gasteiger partial charge in [0, 0.05) is 12.5 Å². The number of carbonyl (C=O) groups excluding carboxylic acids is 1. The van der Waals surface area contributed by atoms with E-state index in [2.05, 4.69) is 13.8 Å². The van der Waals surface area contributed by atoms with Crippen LogP contribution < -0.4 is 0 Å². The highest BCUT2D eigenvalue weighted by Gasteiger charge is 2.14. The molecule has 0 bridgehead atoms. The van der Waals surface area contributed by atoms with E-state index < -0.39 is 0 Å². The van der Waals surface area contributed by atoms with Crippen molar-refractivity contribution >= 4 is 6.29 Å². The van der Waals surface area contributed by atoms with E-state index in [1.165, 1.54) is 192 Å². The molecule has 1 fully saturated rings. The summed E-state index contributed by atoms with van der Waals surface area (Å²) >= 11 is 0. The van der Waals surface area contributed by atoms with Gasteiger partial charge in [-0.15, -0.1) is 0 Å². The molecule has 1 rings (SSSR count). The number of hydrogen-bond donors (Lipinski definition) is 0. The lowest BCUT2D eigenvalue weighted by atomic mass is 9.86. The third-order valence-corrected chi connectivity index (χ3v) is 9.70. The predicted molar refractivity (Wildman–Crippen MR) is 177 cm³/mol. The van der Waals surface area contributed by atoms with E-state index in [4.69, 9.17) is 4.74 Å². The Kier molecular flexibility index (Phi) is 28.3. The summed E-state index contributed by atoms with van der Waals surface area (Å²) in [4.78, 5) is 11.6. The van der Waals surface area contributed by atoms with Crippen LogP contribution in [-0.2, 0) is 9.53 Å². The number of ether oxygens (including phenoxy) is 1. The smallest absolute Gasteiger partial charge is 0.123 e. The number of rotatable bonds is 31. The van der Waals surface area contributed by atoms with Gasteiger partial charge in [-0.1, -0.05) is 174 Å². The van der Waals surface area contributed by atoms with Crippen LogP contribution in [0.2, 0.25) is 0 Å². The van der Waals surface area contributed by atoms with Gasteiger partial charge in [-0.05, 0) is 44.4 Å². The highest BCUT2D eigenvalue weighted by molar-refractivity contribution is 5.53. The fourth-order valence-corrected chi connectivity index (χ4v) is 6.82. The Morgan fingerprint density at radius 3 is 1.48 bits per heavy atom. The van der Waals surface area contributed by atoms with Crippen molar-refractivity contribution in [2.75, 3.05) is 6.61 Å². The van der Waals surface area contributed by atoms with Crippen molar-refractivity contribution in [2.24, 2.45) is 11.8 Å². The molecule has 0 radical (unpaired) electrons. The van der Waals surface area contributed by atoms with Crippen LogP contribution in [0.4, 0.5) is 0 Å². The Bertz CT molecular complexity index is 498. The highest BCUT2D eigenvalue weighted by atomic mass is 16.5. The molecule has 0 spiro atoms. The Morgan fingerprint density at radius 2 is 0.975 bits per heavy atom. The van der Waals surface area contributed by atoms with Crippen LogP contribution in [0.5, 0.6) is 0 Å². The van der Waals surface area contributed by atoms with E-state index in [1.807, 2.05) is 0 Å². The van der Waals surface area contributed by atoms with Crippen molar-refractivity contribution in [1.82, 2.24) is 0 Å². The molecule has 0 N–H and O–H groups in total. The molecular weight excluding hydrogens is 488 g/mol. The standard InChI is InChI=1S/C38H74O2/c1-3-5-7-21-27-36(32-33-37(35-39)29-22-8-6-4-2)28-23-18-16-14-12-10-9-11-13-15-17-19-26-34-40-38-30-24-20-25-31-38/h35-38H,3-34H2,1-2H3. The van der Waals surface area contributed by atoms with E-state index in [-0.39, 0.29) is 0 Å². The summed E-state index contributed by atoms with van der Waals surface area (Å²) in [7, 11) is 0. The lowest BCUT2D eigenvalue weighted by Gasteiger charge is -2.21. The zero-order chi connectivity index (χ0) is 28.8. The monoisotopic (exact) mass is 563 g/mol. The van der Waals surface area contributed by atoms with Gasteiger partial charge < -0.3 is 9.53 Å². The average Bonchev–Trinajstić information content (AvgIpc) is 2.98. The maximum absolute atomic E-state index is 11.6. The zero-order valence-electron chi connectivity index (χ0n) is 27.8. The quantitative estimate of drug-likeness (QED) is 0.0620. The molecular formula is C38H74O2. The molecule has 2 nitrogen and oxygen atoms in total. The number of unbranched alkanes of at least 4 members (excludes halogenated alkanes) is 18. The first-order chi connectivity index (χ1) is 19.8. The topological polar surface area (TPSA) is 26.3 Å². The van der Waals surface area contributed by atoms with Crippen molar-refractivity contribution in [1.29, 1.82) is 0 Å². The first-order valence-electron chi connectivity index (χ1n) is 18.9. The second-order valence-electron chi connectivity index (χ2n) is 13.6. The largest absolute Gasteiger partial charge is 0.378 e. The Labute approximate surface area is 253 Å². The summed E-state index contributed by atoms with van der Waals surface area (Å²) in [6, 6.07) is 0. The van der Waals surface area contributed by atoms with E-state index >= 15 is 0 Å². The molecule has 1 aliphatic carbocycles. The number of hydrogen-bond acceptors (Lipinski definition) is 2. The van der Waals surface area contributed by atoms with Gasteiger partial charge in [0.2, 0.25) is 0 Å². The summed E-state index contributed by atoms with van der Waals surface area (Å²) in [6.45, 7) is 5.57. The summed E-state index contributed by atoms with van der Waals surface area (Å²) in [5.41, 5.74) is 0. The molecule has 0 aliphatic heterocycles. The SMILES string of the molecule is CCCCCCC(C=O)CCC(CCCCCC)CCCCCCCCCCCCCCCOC1CCCCC1. The predicted octanol–water partition coefficient (Wildman–Crippen LogP) is 12.9. The number of carbonyl (C=O) groups is 1. The third kappa shape index (κ3) is 24.2. The van der Waals surface area contributed by atoms with Crippen LogP contribution in [0, 0.1) is 11.8 Å². The summed E-state index contributed by atoms with van der Waals surface area (Å²) in [5.74, 6) is 1.18. The van der Waals surface area contributed by atoms with Crippen molar-refractivity contribution in [3.8, 4) is 0 Å². The van der Waals surface area contributed by atoms with Crippen LogP contribution in [0.25, 0.3) is 0 Å². The van der Waals surface area contributed by atoms with Crippen LogP contribution in [0.3, 0.4) is 0 Å². The second kappa shape index (κ2) is 30.1. The first-order valence-corrected chi connectivity index (χ1v) is 18.9. The Morgan fingerprint density at radius 1 is 0.525 bits per heavy atom. The maximum atomic E-state index is 11.6. The molecule has 1 saturated carbocycles. The molecule has 1 aliphatic rings. The summed E-state index contributed by atoms with van der Waals surface area (Å²) in [6.07, 6.45) is 44.1. The minimum absolute atomic E-state index is 0.320. The maximum Gasteiger partial charge on any atom is 0.123 e. The molecule has 0 amide bonds. The zero-order valence-corrected chi connectivity index (χ0v) is 27.8. The molecule has 2 atom stereocenters. The second-order valence-corrected chi connectivity index (χ2v) is 13.6. The lowest BCUT2D eigenvalue weighted by Crippen LogP contribution is -2.17. The van der Waals surface area contributed by atoms with Crippen LogP contribution >= 0.6 is 0 Å². The van der Waals surface area contributed by atoms with Crippen molar-refractivity contribution in [3.63, 3.8) is 0 Å².